The fraction of sp³-hybridized carbons (Fsp3) is 0.575. The average molecular weight is 749 g/mol. The van der Waals surface area contributed by atoms with Crippen LogP contribution in [0.5, 0.6) is 5.75 Å². The fourth-order valence-corrected chi connectivity index (χ4v) is 7.74. The number of hydrogen-bond donors (Lipinski definition) is 3. The molecular formula is C40H56N6O8. The molecule has 0 radical (unpaired) electrons. The van der Waals surface area contributed by atoms with Crippen molar-refractivity contribution in [2.24, 2.45) is 0 Å². The van der Waals surface area contributed by atoms with Crippen molar-refractivity contribution in [2.45, 2.75) is 44.3 Å². The third-order valence-electron chi connectivity index (χ3n) is 10.9. The van der Waals surface area contributed by atoms with Gasteiger partial charge in [-0.05, 0) is 87.7 Å². The quantitative estimate of drug-likeness (QED) is 0.263. The molecule has 1 aromatic heterocycles. The number of benzene rings is 2. The number of morpholine rings is 3. The Bertz CT molecular complexity index is 1670. The molecule has 2 aromatic carbocycles. The van der Waals surface area contributed by atoms with Crippen molar-refractivity contribution < 1.29 is 38.4 Å². The van der Waals surface area contributed by atoms with Gasteiger partial charge in [-0.15, -0.1) is 0 Å². The first-order valence-electron chi connectivity index (χ1n) is 19.2. The van der Waals surface area contributed by atoms with Gasteiger partial charge in [0.05, 0.1) is 39.1 Å². The lowest BCUT2D eigenvalue weighted by Gasteiger charge is -2.47. The van der Waals surface area contributed by atoms with E-state index in [4.69, 9.17) is 18.9 Å². The van der Waals surface area contributed by atoms with E-state index >= 15 is 0 Å². The number of anilines is 1. The standard InChI is InChI=1S/C24H29N3O3.C16H27N3O5/c1-30-21-8-6-20(7-9-21)27-14-12-26(13-15-27)11-3-2-4-19-17-25-23-10-5-18(24(28)29)16-22(19)23;1-15(13(20)18-3-7-22-8-4-18)11-17-12-16(2,24-15)14(21)19-5-9-23-10-6-19/h5-10,16-17,25H,2-4,11-15H2,1H3,(H,28,29);17H,3-12H2,1-2H3. The molecular weight excluding hydrogens is 692 g/mol. The van der Waals surface area contributed by atoms with Crippen LogP contribution in [-0.2, 0) is 30.2 Å². The zero-order chi connectivity index (χ0) is 38.1. The summed E-state index contributed by atoms with van der Waals surface area (Å²) in [6, 6.07) is 13.6. The third kappa shape index (κ3) is 9.53. The average Bonchev–Trinajstić information content (AvgIpc) is 3.62. The number of ether oxygens (including phenoxy) is 4. The molecule has 294 valence electrons. The minimum atomic E-state index is -1.05. The molecule has 54 heavy (non-hydrogen) atoms. The number of amides is 2. The van der Waals surface area contributed by atoms with Gasteiger partial charge >= 0.3 is 5.97 Å². The lowest BCUT2D eigenvalue weighted by Crippen LogP contribution is -2.69. The summed E-state index contributed by atoms with van der Waals surface area (Å²) >= 11 is 0. The van der Waals surface area contributed by atoms with Gasteiger partial charge in [-0.1, -0.05) is 0 Å². The Hall–Kier alpha value is -4.21. The minimum absolute atomic E-state index is 0.0843. The number of aromatic carboxylic acids is 1. The topological polar surface area (TPSA) is 149 Å². The number of aromatic nitrogens is 1. The molecule has 0 aliphatic carbocycles. The number of fused-ring (bicyclic) bond motifs is 1. The summed E-state index contributed by atoms with van der Waals surface area (Å²) in [5.74, 6) is -0.150. The Labute approximate surface area is 317 Å². The maximum Gasteiger partial charge on any atom is 0.335 e. The smallest absolute Gasteiger partial charge is 0.335 e. The van der Waals surface area contributed by atoms with Crippen molar-refractivity contribution in [3.8, 4) is 5.75 Å². The van der Waals surface area contributed by atoms with Gasteiger partial charge in [-0.3, -0.25) is 14.5 Å². The molecule has 5 heterocycles. The number of piperazine rings is 1. The van der Waals surface area contributed by atoms with Crippen molar-refractivity contribution in [3.63, 3.8) is 0 Å². The van der Waals surface area contributed by atoms with Crippen LogP contribution < -0.4 is 15.0 Å². The molecule has 4 aliphatic heterocycles. The zero-order valence-corrected chi connectivity index (χ0v) is 31.9. The van der Waals surface area contributed by atoms with Gasteiger partial charge in [-0.2, -0.15) is 0 Å². The number of nitrogens with zero attached hydrogens (tertiary/aromatic N) is 4. The molecule has 0 saturated carbocycles. The highest BCUT2D eigenvalue weighted by Crippen LogP contribution is 2.29. The number of carboxylic acids is 1. The normalized spacial score (nSPS) is 23.8. The molecule has 14 nitrogen and oxygen atoms in total. The van der Waals surface area contributed by atoms with Crippen LogP contribution in [0.25, 0.3) is 10.9 Å². The zero-order valence-electron chi connectivity index (χ0n) is 31.9. The molecule has 2 unspecified atom stereocenters. The Morgan fingerprint density at radius 2 is 1.39 bits per heavy atom. The lowest BCUT2D eigenvalue weighted by molar-refractivity contribution is -0.201. The number of H-pyrrole nitrogens is 1. The Balaban J connectivity index is 0.000000189. The number of carbonyl (C=O) groups excluding carboxylic acids is 2. The van der Waals surface area contributed by atoms with E-state index in [9.17, 15) is 19.5 Å². The van der Waals surface area contributed by atoms with Crippen molar-refractivity contribution in [2.75, 3.05) is 110 Å². The number of aromatic amines is 1. The van der Waals surface area contributed by atoms with E-state index in [0.29, 0.717) is 71.3 Å². The molecule has 4 aliphatic rings. The number of carbonyl (C=O) groups is 3. The molecule has 0 bridgehead atoms. The van der Waals surface area contributed by atoms with Crippen LogP contribution in [0.2, 0.25) is 0 Å². The molecule has 3 aromatic rings. The van der Waals surface area contributed by atoms with E-state index in [1.54, 1.807) is 42.9 Å². The van der Waals surface area contributed by atoms with Gasteiger partial charge in [0.15, 0.2) is 11.2 Å². The van der Waals surface area contributed by atoms with Crippen LogP contribution in [0.4, 0.5) is 5.69 Å². The van der Waals surface area contributed by atoms with Crippen LogP contribution in [0.1, 0.15) is 42.6 Å². The van der Waals surface area contributed by atoms with Gasteiger partial charge in [0.2, 0.25) is 0 Å². The Morgan fingerprint density at radius 3 is 1.94 bits per heavy atom. The number of hydrogen-bond acceptors (Lipinski definition) is 10. The molecule has 2 atom stereocenters. The van der Waals surface area contributed by atoms with E-state index in [1.807, 2.05) is 24.4 Å². The van der Waals surface area contributed by atoms with Crippen molar-refractivity contribution >= 4 is 34.4 Å². The first-order chi connectivity index (χ1) is 26.1. The highest BCUT2D eigenvalue weighted by atomic mass is 16.5. The van der Waals surface area contributed by atoms with E-state index in [-0.39, 0.29) is 11.8 Å². The molecule has 7 rings (SSSR count). The minimum Gasteiger partial charge on any atom is -0.497 e. The van der Waals surface area contributed by atoms with Crippen LogP contribution >= 0.6 is 0 Å². The third-order valence-corrected chi connectivity index (χ3v) is 10.9. The maximum atomic E-state index is 12.9. The van der Waals surface area contributed by atoms with Gasteiger partial charge < -0.3 is 49.1 Å². The van der Waals surface area contributed by atoms with Gasteiger partial charge in [0.25, 0.3) is 11.8 Å². The van der Waals surface area contributed by atoms with E-state index < -0.39 is 17.2 Å². The maximum absolute atomic E-state index is 12.9. The number of rotatable bonds is 10. The first-order valence-corrected chi connectivity index (χ1v) is 19.2. The highest BCUT2D eigenvalue weighted by molar-refractivity contribution is 5.94. The predicted molar refractivity (Wildman–Crippen MR) is 205 cm³/mol. The summed E-state index contributed by atoms with van der Waals surface area (Å²) in [6.07, 6.45) is 5.23. The van der Waals surface area contributed by atoms with Crippen LogP contribution in [0.15, 0.2) is 48.7 Å². The second-order valence-electron chi connectivity index (χ2n) is 14.8. The number of carboxylic acid groups (broad SMARTS) is 1. The molecule has 4 fully saturated rings. The van der Waals surface area contributed by atoms with Crippen molar-refractivity contribution in [1.29, 1.82) is 0 Å². The highest BCUT2D eigenvalue weighted by Gasteiger charge is 2.51. The van der Waals surface area contributed by atoms with Crippen molar-refractivity contribution in [1.82, 2.24) is 25.0 Å². The largest absolute Gasteiger partial charge is 0.497 e. The van der Waals surface area contributed by atoms with Crippen LogP contribution in [0, 0.1) is 0 Å². The SMILES string of the molecule is CC1(C(=O)N2CCOCC2)CNCC(C)(C(=O)N2CCOCC2)O1.COc1ccc(N2CCN(CCCCc3c[nH]c4ccc(C(=O)O)cc34)CC2)cc1. The lowest BCUT2D eigenvalue weighted by atomic mass is 9.95. The second kappa shape index (κ2) is 17.9. The Morgan fingerprint density at radius 1 is 0.796 bits per heavy atom. The summed E-state index contributed by atoms with van der Waals surface area (Å²) in [5, 5.41) is 13.5. The van der Waals surface area contributed by atoms with Gasteiger partial charge in [0.1, 0.15) is 5.75 Å². The molecule has 0 spiro atoms. The van der Waals surface area contributed by atoms with E-state index in [2.05, 4.69) is 32.2 Å². The fourth-order valence-electron chi connectivity index (χ4n) is 7.74. The van der Waals surface area contributed by atoms with E-state index in [0.717, 1.165) is 68.6 Å². The summed E-state index contributed by atoms with van der Waals surface area (Å²) in [4.78, 5) is 48.8. The number of methoxy groups -OCH3 is 1. The van der Waals surface area contributed by atoms with Gasteiger partial charge in [-0.25, -0.2) is 4.79 Å². The van der Waals surface area contributed by atoms with Crippen molar-refractivity contribution in [3.05, 3.63) is 59.8 Å². The van der Waals surface area contributed by atoms with Gasteiger partial charge in [0, 0.05) is 88.2 Å². The predicted octanol–water partition coefficient (Wildman–Crippen LogP) is 2.86. The number of unbranched alkanes of at least 4 members (excludes halogenated alkanes) is 1. The molecule has 3 N–H and O–H groups in total. The monoisotopic (exact) mass is 748 g/mol. The molecule has 2 amide bonds. The molecule has 4 saturated heterocycles. The number of nitrogens with one attached hydrogen (secondary N) is 2. The first kappa shape index (κ1) is 39.5. The summed E-state index contributed by atoms with van der Waals surface area (Å²) in [7, 11) is 1.69. The summed E-state index contributed by atoms with van der Waals surface area (Å²) in [6.45, 7) is 14.1. The van der Waals surface area contributed by atoms with E-state index in [1.165, 1.54) is 11.3 Å². The van der Waals surface area contributed by atoms with Crippen LogP contribution in [0.3, 0.4) is 0 Å². The van der Waals surface area contributed by atoms with Crippen LogP contribution in [-0.4, -0.2) is 159 Å². The Kier molecular flexibility index (Phi) is 13.1. The number of aryl methyl sites for hydroxylation is 1. The summed E-state index contributed by atoms with van der Waals surface area (Å²) < 4.78 is 22.0. The summed E-state index contributed by atoms with van der Waals surface area (Å²) in [5.41, 5.74) is 1.72. The second-order valence-corrected chi connectivity index (χ2v) is 14.8. The molecule has 14 heteroatoms.